The first kappa shape index (κ1) is 14.0. The number of rotatable bonds is 3. The molecule has 2 rings (SSSR count). The molecule has 2 unspecified atom stereocenters. The van der Waals surface area contributed by atoms with E-state index in [1.165, 1.54) is 32.1 Å². The number of carbonyl (C=O) groups is 1. The van der Waals surface area contributed by atoms with E-state index in [-0.39, 0.29) is 11.8 Å². The number of aliphatic carboxylic acids is 1. The van der Waals surface area contributed by atoms with Crippen LogP contribution in [0.5, 0.6) is 0 Å². The summed E-state index contributed by atoms with van der Waals surface area (Å²) in [6.07, 6.45) is 7.98. The second kappa shape index (κ2) is 5.72. The van der Waals surface area contributed by atoms with Gasteiger partial charge in [-0.2, -0.15) is 0 Å². The molecule has 0 bridgehead atoms. The van der Waals surface area contributed by atoms with Gasteiger partial charge in [0.2, 0.25) is 0 Å². The Labute approximate surface area is 115 Å². The summed E-state index contributed by atoms with van der Waals surface area (Å²) in [6, 6.07) is 3.93. The Bertz CT molecular complexity index is 441. The fourth-order valence-electron chi connectivity index (χ4n) is 2.99. The Morgan fingerprint density at radius 2 is 2.21 bits per heavy atom. The highest BCUT2D eigenvalue weighted by atomic mass is 16.4. The van der Waals surface area contributed by atoms with Crippen LogP contribution in [0.1, 0.15) is 57.2 Å². The number of aromatic nitrogens is 1. The minimum atomic E-state index is -0.802. The molecule has 1 fully saturated rings. The van der Waals surface area contributed by atoms with Crippen LogP contribution in [0.15, 0.2) is 18.3 Å². The van der Waals surface area contributed by atoms with Gasteiger partial charge in [-0.15, -0.1) is 0 Å². The molecule has 1 heterocycles. The molecule has 1 aliphatic rings. The summed E-state index contributed by atoms with van der Waals surface area (Å²) in [5.74, 6) is 0.0113. The summed E-state index contributed by atoms with van der Waals surface area (Å²) in [6.45, 7) is 4.62. The van der Waals surface area contributed by atoms with E-state index >= 15 is 0 Å². The molecule has 3 nitrogen and oxygen atoms in total. The highest BCUT2D eigenvalue weighted by molar-refractivity contribution is 5.69. The lowest BCUT2D eigenvalue weighted by Crippen LogP contribution is -2.22. The average Bonchev–Trinajstić information content (AvgIpc) is 2.53. The van der Waals surface area contributed by atoms with E-state index in [4.69, 9.17) is 5.11 Å². The summed E-state index contributed by atoms with van der Waals surface area (Å²) < 4.78 is 0. The molecule has 1 saturated carbocycles. The van der Waals surface area contributed by atoms with Crippen molar-refractivity contribution in [1.29, 1.82) is 0 Å². The summed E-state index contributed by atoms with van der Waals surface area (Å²) in [5.41, 5.74) is 2.06. The largest absolute Gasteiger partial charge is 0.481 e. The molecule has 1 aromatic heterocycles. The maximum Gasteiger partial charge on any atom is 0.307 e. The topological polar surface area (TPSA) is 50.2 Å². The molecular formula is C16H23NO2. The summed E-state index contributed by atoms with van der Waals surface area (Å²) >= 11 is 0. The quantitative estimate of drug-likeness (QED) is 0.846. The molecule has 0 aliphatic heterocycles. The molecular weight excluding hydrogens is 238 g/mol. The third-order valence-electron chi connectivity index (χ3n) is 4.41. The van der Waals surface area contributed by atoms with E-state index < -0.39 is 5.97 Å². The van der Waals surface area contributed by atoms with Gasteiger partial charge < -0.3 is 5.11 Å². The first-order valence-electron chi connectivity index (χ1n) is 7.17. The number of hydrogen-bond donors (Lipinski definition) is 1. The maximum absolute atomic E-state index is 10.7. The van der Waals surface area contributed by atoms with Crippen LogP contribution in [-0.2, 0) is 16.6 Å². The molecule has 0 amide bonds. The van der Waals surface area contributed by atoms with Gasteiger partial charge in [0.15, 0.2) is 0 Å². The molecule has 104 valence electrons. The number of carboxylic acids is 1. The van der Waals surface area contributed by atoms with E-state index in [1.54, 1.807) is 6.20 Å². The van der Waals surface area contributed by atoms with Crippen molar-refractivity contribution in [3.05, 3.63) is 29.6 Å². The molecule has 19 heavy (non-hydrogen) atoms. The SMILES string of the molecule is CC1CCCC(C)(c2ccc(CC(=O)O)cn2)CC1. The molecule has 0 radical (unpaired) electrons. The van der Waals surface area contributed by atoms with Crippen LogP contribution in [0.2, 0.25) is 0 Å². The van der Waals surface area contributed by atoms with Crippen LogP contribution in [-0.4, -0.2) is 16.1 Å². The number of pyridine rings is 1. The molecule has 0 spiro atoms. The lowest BCUT2D eigenvalue weighted by molar-refractivity contribution is -0.136. The lowest BCUT2D eigenvalue weighted by atomic mass is 9.79. The minimum absolute atomic E-state index is 0.0566. The van der Waals surface area contributed by atoms with Crippen LogP contribution < -0.4 is 0 Å². The molecule has 1 N–H and O–H groups in total. The molecule has 3 heteroatoms. The summed E-state index contributed by atoms with van der Waals surface area (Å²) in [5, 5.41) is 8.77. The zero-order valence-electron chi connectivity index (χ0n) is 11.9. The van der Waals surface area contributed by atoms with Crippen LogP contribution in [0.3, 0.4) is 0 Å². The van der Waals surface area contributed by atoms with Gasteiger partial charge in [-0.05, 0) is 36.8 Å². The smallest absolute Gasteiger partial charge is 0.307 e. The Balaban J connectivity index is 2.13. The minimum Gasteiger partial charge on any atom is -0.481 e. The van der Waals surface area contributed by atoms with Crippen molar-refractivity contribution >= 4 is 5.97 Å². The standard InChI is InChI=1S/C16H23NO2/c1-12-4-3-8-16(2,9-7-12)14-6-5-13(11-17-14)10-15(18)19/h5-6,11-12H,3-4,7-10H2,1-2H3,(H,18,19). The van der Waals surface area contributed by atoms with Crippen molar-refractivity contribution < 1.29 is 9.90 Å². The lowest BCUT2D eigenvalue weighted by Gasteiger charge is -2.27. The van der Waals surface area contributed by atoms with E-state index in [0.717, 1.165) is 17.2 Å². The van der Waals surface area contributed by atoms with E-state index in [1.807, 2.05) is 12.1 Å². The van der Waals surface area contributed by atoms with E-state index in [2.05, 4.69) is 18.8 Å². The van der Waals surface area contributed by atoms with Crippen LogP contribution >= 0.6 is 0 Å². The third-order valence-corrected chi connectivity index (χ3v) is 4.41. The van der Waals surface area contributed by atoms with Crippen LogP contribution in [0, 0.1) is 5.92 Å². The van der Waals surface area contributed by atoms with Crippen molar-refractivity contribution in [2.24, 2.45) is 5.92 Å². The molecule has 0 saturated heterocycles. The maximum atomic E-state index is 10.7. The van der Waals surface area contributed by atoms with Crippen molar-refractivity contribution in [2.45, 2.75) is 57.8 Å². The second-order valence-electron chi connectivity index (χ2n) is 6.22. The van der Waals surface area contributed by atoms with Gasteiger partial charge >= 0.3 is 5.97 Å². The van der Waals surface area contributed by atoms with Crippen molar-refractivity contribution in [3.63, 3.8) is 0 Å². The van der Waals surface area contributed by atoms with Gasteiger partial charge in [0, 0.05) is 17.3 Å². The first-order valence-corrected chi connectivity index (χ1v) is 7.17. The van der Waals surface area contributed by atoms with Gasteiger partial charge in [0.1, 0.15) is 0 Å². The van der Waals surface area contributed by atoms with Crippen LogP contribution in [0.4, 0.5) is 0 Å². The highest BCUT2D eigenvalue weighted by Crippen LogP contribution is 2.38. The number of hydrogen-bond acceptors (Lipinski definition) is 2. The first-order chi connectivity index (χ1) is 8.99. The molecule has 1 aliphatic carbocycles. The highest BCUT2D eigenvalue weighted by Gasteiger charge is 2.30. The van der Waals surface area contributed by atoms with Gasteiger partial charge in [0.25, 0.3) is 0 Å². The zero-order chi connectivity index (χ0) is 13.9. The Morgan fingerprint density at radius 3 is 2.84 bits per heavy atom. The summed E-state index contributed by atoms with van der Waals surface area (Å²) in [7, 11) is 0. The predicted molar refractivity (Wildman–Crippen MR) is 75.2 cm³/mol. The van der Waals surface area contributed by atoms with Gasteiger partial charge in [-0.25, -0.2) is 0 Å². The van der Waals surface area contributed by atoms with E-state index in [0.29, 0.717) is 0 Å². The van der Waals surface area contributed by atoms with Gasteiger partial charge in [-0.3, -0.25) is 9.78 Å². The zero-order valence-corrected chi connectivity index (χ0v) is 11.9. The Kier molecular flexibility index (Phi) is 4.23. The monoisotopic (exact) mass is 261 g/mol. The van der Waals surface area contributed by atoms with Crippen molar-refractivity contribution in [1.82, 2.24) is 4.98 Å². The molecule has 0 aromatic carbocycles. The third kappa shape index (κ3) is 3.55. The fourth-order valence-corrected chi connectivity index (χ4v) is 2.99. The van der Waals surface area contributed by atoms with Crippen molar-refractivity contribution in [2.75, 3.05) is 0 Å². The normalized spacial score (nSPS) is 27.8. The summed E-state index contributed by atoms with van der Waals surface area (Å²) in [4.78, 5) is 15.2. The molecule has 2 atom stereocenters. The fraction of sp³-hybridized carbons (Fsp3) is 0.625. The van der Waals surface area contributed by atoms with E-state index in [9.17, 15) is 4.79 Å². The second-order valence-corrected chi connectivity index (χ2v) is 6.22. The Morgan fingerprint density at radius 1 is 1.42 bits per heavy atom. The van der Waals surface area contributed by atoms with Gasteiger partial charge in [0.05, 0.1) is 6.42 Å². The number of nitrogens with zero attached hydrogens (tertiary/aromatic N) is 1. The predicted octanol–water partition coefficient (Wildman–Crippen LogP) is 3.57. The van der Waals surface area contributed by atoms with Crippen molar-refractivity contribution in [3.8, 4) is 0 Å². The van der Waals surface area contributed by atoms with Gasteiger partial charge in [-0.1, -0.05) is 32.8 Å². The Hall–Kier alpha value is -1.38. The molecule has 1 aromatic rings. The average molecular weight is 261 g/mol. The number of carboxylic acid groups (broad SMARTS) is 1. The van der Waals surface area contributed by atoms with Crippen LogP contribution in [0.25, 0.3) is 0 Å².